The summed E-state index contributed by atoms with van der Waals surface area (Å²) in [5.74, 6) is 0. The Balaban J connectivity index is 0.000000963. The first-order valence-corrected chi connectivity index (χ1v) is 5.07. The molecular weight excluding hydrogens is 269 g/mol. The van der Waals surface area contributed by atoms with E-state index in [1.165, 1.54) is 16.6 Å². The Hall–Kier alpha value is -1.48. The van der Waals surface area contributed by atoms with E-state index in [9.17, 15) is 0 Å². The molecule has 0 bridgehead atoms. The van der Waals surface area contributed by atoms with Gasteiger partial charge in [0.1, 0.15) is 0 Å². The molecule has 0 spiro atoms. The van der Waals surface area contributed by atoms with Gasteiger partial charge in [-0.25, -0.2) is 0 Å². The highest BCUT2D eigenvalue weighted by atomic mass is 35.5. The number of hydrogen-bond acceptors (Lipinski definition) is 0. The van der Waals surface area contributed by atoms with Crippen LogP contribution in [0.25, 0.3) is 16.6 Å². The minimum atomic E-state index is 0. The van der Waals surface area contributed by atoms with Crippen molar-refractivity contribution in [2.75, 3.05) is 0 Å². The molecule has 0 unspecified atom stereocenters. The fourth-order valence-corrected chi connectivity index (χ4v) is 1.90. The van der Waals surface area contributed by atoms with Crippen molar-refractivity contribution in [3.05, 3.63) is 66.9 Å². The number of benzene rings is 2. The molecule has 0 saturated heterocycles. The van der Waals surface area contributed by atoms with Crippen molar-refractivity contribution in [1.82, 2.24) is 4.57 Å². The summed E-state index contributed by atoms with van der Waals surface area (Å²) < 4.78 is 2.20. The molecule has 0 saturated carbocycles. The lowest BCUT2D eigenvalue weighted by Gasteiger charge is -2.04. The molecule has 0 atom stereocenters. The molecule has 18 heavy (non-hydrogen) atoms. The summed E-state index contributed by atoms with van der Waals surface area (Å²) in [7, 11) is 0. The van der Waals surface area contributed by atoms with Gasteiger partial charge in [-0.15, -0.1) is 24.8 Å². The standard InChI is InChI=1S/C14H11N.2ClH.H2O/c1-2-7-13(8-3-1)15-11-10-12-6-4-5-9-14(12)15;;;/h1-11H;2*1H;1H2. The minimum Gasteiger partial charge on any atom is -0.412 e. The van der Waals surface area contributed by atoms with E-state index in [0.29, 0.717) is 0 Å². The van der Waals surface area contributed by atoms with E-state index in [0.717, 1.165) is 0 Å². The van der Waals surface area contributed by atoms with Gasteiger partial charge in [-0.05, 0) is 29.7 Å². The van der Waals surface area contributed by atoms with Gasteiger partial charge < -0.3 is 10.0 Å². The topological polar surface area (TPSA) is 36.4 Å². The van der Waals surface area contributed by atoms with Crippen molar-refractivity contribution in [1.29, 1.82) is 0 Å². The fourth-order valence-electron chi connectivity index (χ4n) is 1.90. The summed E-state index contributed by atoms with van der Waals surface area (Å²) in [4.78, 5) is 0. The molecule has 3 aromatic rings. The van der Waals surface area contributed by atoms with Crippen LogP contribution in [0.5, 0.6) is 0 Å². The summed E-state index contributed by atoms with van der Waals surface area (Å²) in [5, 5.41) is 1.28. The number of halogens is 2. The van der Waals surface area contributed by atoms with Crippen LogP contribution in [0, 0.1) is 0 Å². The van der Waals surface area contributed by atoms with Crippen LogP contribution in [-0.2, 0) is 0 Å². The second-order valence-corrected chi connectivity index (χ2v) is 3.58. The second-order valence-electron chi connectivity index (χ2n) is 3.58. The Labute approximate surface area is 118 Å². The molecule has 3 rings (SSSR count). The SMILES string of the molecule is Cl.Cl.O.c1ccc(-n2ccc3ccccc32)cc1. The first kappa shape index (κ1) is 16.5. The highest BCUT2D eigenvalue weighted by molar-refractivity contribution is 5.85. The van der Waals surface area contributed by atoms with Crippen molar-refractivity contribution in [3.63, 3.8) is 0 Å². The molecule has 96 valence electrons. The zero-order chi connectivity index (χ0) is 10.1. The molecule has 2 aromatic carbocycles. The predicted octanol–water partition coefficient (Wildman–Crippen LogP) is 3.65. The Morgan fingerprint density at radius 1 is 0.667 bits per heavy atom. The highest BCUT2D eigenvalue weighted by Gasteiger charge is 2.00. The van der Waals surface area contributed by atoms with Crippen LogP contribution in [0.2, 0.25) is 0 Å². The number of hydrogen-bond donors (Lipinski definition) is 0. The first-order chi connectivity index (χ1) is 7.45. The molecule has 0 aliphatic heterocycles. The number of para-hydroxylation sites is 2. The average molecular weight is 284 g/mol. The van der Waals surface area contributed by atoms with Gasteiger partial charge in [0.15, 0.2) is 0 Å². The molecule has 0 radical (unpaired) electrons. The monoisotopic (exact) mass is 283 g/mol. The van der Waals surface area contributed by atoms with E-state index in [1.807, 2.05) is 6.07 Å². The maximum atomic E-state index is 2.20. The van der Waals surface area contributed by atoms with Gasteiger partial charge in [0.05, 0.1) is 5.52 Å². The highest BCUT2D eigenvalue weighted by Crippen LogP contribution is 2.19. The average Bonchev–Trinajstić information content (AvgIpc) is 2.74. The molecule has 1 heterocycles. The van der Waals surface area contributed by atoms with Gasteiger partial charge in [0.2, 0.25) is 0 Å². The van der Waals surface area contributed by atoms with Crippen LogP contribution >= 0.6 is 24.8 Å². The Morgan fingerprint density at radius 2 is 1.28 bits per heavy atom. The number of rotatable bonds is 1. The van der Waals surface area contributed by atoms with Gasteiger partial charge in [0, 0.05) is 11.9 Å². The number of aromatic nitrogens is 1. The van der Waals surface area contributed by atoms with Gasteiger partial charge in [0.25, 0.3) is 0 Å². The van der Waals surface area contributed by atoms with Crippen LogP contribution in [0.15, 0.2) is 66.9 Å². The predicted molar refractivity (Wildman–Crippen MR) is 81.4 cm³/mol. The Bertz CT molecular complexity index is 593. The summed E-state index contributed by atoms with van der Waals surface area (Å²) in [5.41, 5.74) is 2.46. The van der Waals surface area contributed by atoms with Gasteiger partial charge in [-0.1, -0.05) is 36.4 Å². The maximum Gasteiger partial charge on any atom is 0.0528 e. The molecule has 0 aliphatic rings. The summed E-state index contributed by atoms with van der Waals surface area (Å²) in [6.45, 7) is 0. The minimum absolute atomic E-state index is 0. The van der Waals surface area contributed by atoms with Crippen LogP contribution < -0.4 is 0 Å². The summed E-state index contributed by atoms with van der Waals surface area (Å²) in [6, 6.07) is 20.9. The molecule has 1 aromatic heterocycles. The van der Waals surface area contributed by atoms with Crippen molar-refractivity contribution in [3.8, 4) is 5.69 Å². The zero-order valence-corrected chi connectivity index (χ0v) is 11.2. The van der Waals surface area contributed by atoms with Crippen LogP contribution in [0.1, 0.15) is 0 Å². The lowest BCUT2D eigenvalue weighted by molar-refractivity contribution is 0.824. The van der Waals surface area contributed by atoms with Gasteiger partial charge >= 0.3 is 0 Å². The first-order valence-electron chi connectivity index (χ1n) is 5.07. The van der Waals surface area contributed by atoms with E-state index in [4.69, 9.17) is 0 Å². The smallest absolute Gasteiger partial charge is 0.0528 e. The van der Waals surface area contributed by atoms with Crippen molar-refractivity contribution >= 4 is 35.7 Å². The maximum absolute atomic E-state index is 2.20. The lowest BCUT2D eigenvalue weighted by atomic mass is 10.2. The van der Waals surface area contributed by atoms with Crippen molar-refractivity contribution in [2.45, 2.75) is 0 Å². The molecular formula is C14H15Cl2NO. The van der Waals surface area contributed by atoms with Gasteiger partial charge in [-0.2, -0.15) is 0 Å². The summed E-state index contributed by atoms with van der Waals surface area (Å²) >= 11 is 0. The van der Waals surface area contributed by atoms with E-state index in [-0.39, 0.29) is 30.3 Å². The third-order valence-corrected chi connectivity index (χ3v) is 2.63. The van der Waals surface area contributed by atoms with Crippen LogP contribution in [0.4, 0.5) is 0 Å². The van der Waals surface area contributed by atoms with E-state index in [2.05, 4.69) is 65.4 Å². The fraction of sp³-hybridized carbons (Fsp3) is 0. The van der Waals surface area contributed by atoms with E-state index >= 15 is 0 Å². The largest absolute Gasteiger partial charge is 0.412 e. The number of fused-ring (bicyclic) bond motifs is 1. The van der Waals surface area contributed by atoms with E-state index in [1.54, 1.807) is 0 Å². The van der Waals surface area contributed by atoms with Crippen molar-refractivity contribution < 1.29 is 5.48 Å². The Kier molecular flexibility index (Phi) is 6.48. The molecule has 2 N–H and O–H groups in total. The zero-order valence-electron chi connectivity index (χ0n) is 9.61. The lowest BCUT2D eigenvalue weighted by Crippen LogP contribution is -1.89. The third-order valence-electron chi connectivity index (χ3n) is 2.63. The van der Waals surface area contributed by atoms with Crippen LogP contribution in [-0.4, -0.2) is 10.0 Å². The molecule has 0 amide bonds. The molecule has 4 heteroatoms. The molecule has 0 fully saturated rings. The quantitative estimate of drug-likeness (QED) is 0.654. The second kappa shape index (κ2) is 7.07. The Morgan fingerprint density at radius 3 is 2.00 bits per heavy atom. The molecule has 0 aliphatic carbocycles. The van der Waals surface area contributed by atoms with Crippen molar-refractivity contribution in [2.24, 2.45) is 0 Å². The number of nitrogens with zero attached hydrogens (tertiary/aromatic N) is 1. The normalized spacial score (nSPS) is 8.89. The van der Waals surface area contributed by atoms with Crippen LogP contribution in [0.3, 0.4) is 0 Å². The summed E-state index contributed by atoms with van der Waals surface area (Å²) in [6.07, 6.45) is 2.11. The molecule has 2 nitrogen and oxygen atoms in total. The third kappa shape index (κ3) is 2.85. The van der Waals surface area contributed by atoms with Gasteiger partial charge in [-0.3, -0.25) is 0 Å². The van der Waals surface area contributed by atoms with E-state index < -0.39 is 0 Å².